The zero-order valence-corrected chi connectivity index (χ0v) is 12.3. The van der Waals surface area contributed by atoms with Crippen LogP contribution in [0.25, 0.3) is 0 Å². The predicted octanol–water partition coefficient (Wildman–Crippen LogP) is 2.80. The van der Waals surface area contributed by atoms with Gasteiger partial charge in [-0.1, -0.05) is 30.3 Å². The van der Waals surface area contributed by atoms with Crippen LogP contribution in [-0.4, -0.2) is 27.9 Å². The van der Waals surface area contributed by atoms with Gasteiger partial charge in [0.05, 0.1) is 0 Å². The fourth-order valence-corrected chi connectivity index (χ4v) is 2.43. The van der Waals surface area contributed by atoms with E-state index in [2.05, 4.69) is 6.07 Å². The SMILES string of the molecule is O=C(O)c1ccc(CCc2cccc(CCCO)c2)cc1O. The van der Waals surface area contributed by atoms with Crippen LogP contribution in [0.1, 0.15) is 33.5 Å². The van der Waals surface area contributed by atoms with E-state index in [4.69, 9.17) is 10.2 Å². The molecule has 2 rings (SSSR count). The van der Waals surface area contributed by atoms with E-state index < -0.39 is 5.97 Å². The highest BCUT2D eigenvalue weighted by Crippen LogP contribution is 2.20. The third kappa shape index (κ3) is 4.33. The number of aliphatic hydroxyl groups excluding tert-OH is 1. The number of carboxylic acids is 1. The molecule has 0 unspecified atom stereocenters. The Bertz CT molecular complexity index is 649. The first-order valence-corrected chi connectivity index (χ1v) is 7.34. The van der Waals surface area contributed by atoms with Gasteiger partial charge < -0.3 is 15.3 Å². The van der Waals surface area contributed by atoms with Crippen LogP contribution < -0.4 is 0 Å². The van der Waals surface area contributed by atoms with E-state index >= 15 is 0 Å². The molecule has 0 heterocycles. The molecule has 2 aromatic carbocycles. The van der Waals surface area contributed by atoms with E-state index in [-0.39, 0.29) is 17.9 Å². The fourth-order valence-electron chi connectivity index (χ4n) is 2.43. The smallest absolute Gasteiger partial charge is 0.339 e. The molecule has 22 heavy (non-hydrogen) atoms. The number of aliphatic hydroxyl groups is 1. The van der Waals surface area contributed by atoms with Gasteiger partial charge in [-0.2, -0.15) is 0 Å². The maximum absolute atomic E-state index is 10.9. The number of rotatable bonds is 7. The average Bonchev–Trinajstić information content (AvgIpc) is 2.51. The van der Waals surface area contributed by atoms with Crippen LogP contribution in [0.15, 0.2) is 42.5 Å². The molecule has 0 aliphatic carbocycles. The zero-order chi connectivity index (χ0) is 15.9. The number of carboxylic acid groups (broad SMARTS) is 1. The van der Waals surface area contributed by atoms with E-state index in [0.717, 1.165) is 31.2 Å². The Morgan fingerprint density at radius 3 is 2.14 bits per heavy atom. The molecule has 4 heteroatoms. The largest absolute Gasteiger partial charge is 0.507 e. The maximum Gasteiger partial charge on any atom is 0.339 e. The number of aromatic hydroxyl groups is 1. The van der Waals surface area contributed by atoms with Crippen molar-refractivity contribution in [1.29, 1.82) is 0 Å². The van der Waals surface area contributed by atoms with Crippen LogP contribution in [0.3, 0.4) is 0 Å². The Morgan fingerprint density at radius 1 is 0.909 bits per heavy atom. The highest BCUT2D eigenvalue weighted by molar-refractivity contribution is 5.90. The number of aryl methyl sites for hydroxylation is 3. The molecule has 0 bridgehead atoms. The molecule has 0 amide bonds. The van der Waals surface area contributed by atoms with Gasteiger partial charge in [-0.25, -0.2) is 4.79 Å². The number of phenols is 1. The van der Waals surface area contributed by atoms with Gasteiger partial charge in [-0.3, -0.25) is 0 Å². The average molecular weight is 300 g/mol. The van der Waals surface area contributed by atoms with Crippen molar-refractivity contribution in [2.45, 2.75) is 25.7 Å². The van der Waals surface area contributed by atoms with Crippen molar-refractivity contribution in [3.05, 3.63) is 64.7 Å². The highest BCUT2D eigenvalue weighted by atomic mass is 16.4. The van der Waals surface area contributed by atoms with E-state index in [1.165, 1.54) is 23.3 Å². The molecule has 0 atom stereocenters. The van der Waals surface area contributed by atoms with Crippen LogP contribution in [0.5, 0.6) is 5.75 Å². The van der Waals surface area contributed by atoms with E-state index in [1.54, 1.807) is 6.07 Å². The number of aromatic carboxylic acids is 1. The Hall–Kier alpha value is -2.33. The molecule has 0 saturated heterocycles. The van der Waals surface area contributed by atoms with Crippen LogP contribution in [0.4, 0.5) is 0 Å². The van der Waals surface area contributed by atoms with Crippen molar-refractivity contribution in [2.24, 2.45) is 0 Å². The van der Waals surface area contributed by atoms with Gasteiger partial charge in [0.25, 0.3) is 0 Å². The molecule has 3 N–H and O–H groups in total. The molecule has 0 aliphatic rings. The molecule has 0 fully saturated rings. The third-order valence-electron chi connectivity index (χ3n) is 3.61. The Morgan fingerprint density at radius 2 is 1.55 bits per heavy atom. The van der Waals surface area contributed by atoms with E-state index in [1.807, 2.05) is 18.2 Å². The minimum atomic E-state index is -1.12. The molecule has 0 aliphatic heterocycles. The van der Waals surface area contributed by atoms with Crippen molar-refractivity contribution in [1.82, 2.24) is 0 Å². The van der Waals surface area contributed by atoms with Gasteiger partial charge in [0.15, 0.2) is 0 Å². The monoisotopic (exact) mass is 300 g/mol. The quantitative estimate of drug-likeness (QED) is 0.735. The lowest BCUT2D eigenvalue weighted by atomic mass is 10.00. The lowest BCUT2D eigenvalue weighted by molar-refractivity contribution is 0.0693. The number of hydrogen-bond donors (Lipinski definition) is 3. The number of benzene rings is 2. The molecule has 2 aromatic rings. The second-order valence-corrected chi connectivity index (χ2v) is 5.30. The first kappa shape index (κ1) is 16.0. The van der Waals surface area contributed by atoms with Crippen LogP contribution in [0, 0.1) is 0 Å². The molecule has 116 valence electrons. The summed E-state index contributed by atoms with van der Waals surface area (Å²) >= 11 is 0. The van der Waals surface area contributed by atoms with Crippen LogP contribution in [0.2, 0.25) is 0 Å². The lowest BCUT2D eigenvalue weighted by Gasteiger charge is -2.07. The van der Waals surface area contributed by atoms with Gasteiger partial charge in [0, 0.05) is 6.61 Å². The summed E-state index contributed by atoms with van der Waals surface area (Å²) in [5.41, 5.74) is 3.23. The second-order valence-electron chi connectivity index (χ2n) is 5.30. The summed E-state index contributed by atoms with van der Waals surface area (Å²) < 4.78 is 0. The van der Waals surface area contributed by atoms with E-state index in [9.17, 15) is 9.90 Å². The molecule has 0 aromatic heterocycles. The van der Waals surface area contributed by atoms with Crippen molar-refractivity contribution in [2.75, 3.05) is 6.61 Å². The molecular weight excluding hydrogens is 280 g/mol. The first-order valence-electron chi connectivity index (χ1n) is 7.34. The van der Waals surface area contributed by atoms with E-state index in [0.29, 0.717) is 0 Å². The lowest BCUT2D eigenvalue weighted by Crippen LogP contribution is -1.98. The van der Waals surface area contributed by atoms with Crippen molar-refractivity contribution < 1.29 is 20.1 Å². The van der Waals surface area contributed by atoms with Gasteiger partial charge in [0.2, 0.25) is 0 Å². The number of carbonyl (C=O) groups is 1. The zero-order valence-electron chi connectivity index (χ0n) is 12.3. The minimum absolute atomic E-state index is 0.0743. The van der Waals surface area contributed by atoms with Crippen LogP contribution in [-0.2, 0) is 19.3 Å². The topological polar surface area (TPSA) is 77.8 Å². The van der Waals surface area contributed by atoms with Gasteiger partial charge in [0.1, 0.15) is 11.3 Å². The summed E-state index contributed by atoms with van der Waals surface area (Å²) in [4.78, 5) is 10.9. The summed E-state index contributed by atoms with van der Waals surface area (Å²) in [6.45, 7) is 0.194. The Balaban J connectivity index is 2.01. The standard InChI is InChI=1S/C18H20O4/c19-10-2-5-13-3-1-4-14(11-13)6-7-15-8-9-16(18(21)22)17(20)12-15/h1,3-4,8-9,11-12,19-20H,2,5-7,10H2,(H,21,22). The Labute approximate surface area is 129 Å². The van der Waals surface area contributed by atoms with Crippen molar-refractivity contribution >= 4 is 5.97 Å². The summed E-state index contributed by atoms with van der Waals surface area (Å²) in [7, 11) is 0. The summed E-state index contributed by atoms with van der Waals surface area (Å²) in [6, 6.07) is 12.9. The normalized spacial score (nSPS) is 10.6. The van der Waals surface area contributed by atoms with Crippen LogP contribution >= 0.6 is 0 Å². The summed E-state index contributed by atoms with van der Waals surface area (Å²) in [5.74, 6) is -1.32. The highest BCUT2D eigenvalue weighted by Gasteiger charge is 2.09. The first-order chi connectivity index (χ1) is 10.6. The molecule has 0 radical (unpaired) electrons. The fraction of sp³-hybridized carbons (Fsp3) is 0.278. The maximum atomic E-state index is 10.9. The minimum Gasteiger partial charge on any atom is -0.507 e. The Kier molecular flexibility index (Phi) is 5.55. The van der Waals surface area contributed by atoms with Gasteiger partial charge in [-0.05, 0) is 54.5 Å². The number of hydrogen-bond acceptors (Lipinski definition) is 3. The van der Waals surface area contributed by atoms with Gasteiger partial charge in [-0.15, -0.1) is 0 Å². The summed E-state index contributed by atoms with van der Waals surface area (Å²) in [5, 5.41) is 27.5. The van der Waals surface area contributed by atoms with Gasteiger partial charge >= 0.3 is 5.97 Å². The predicted molar refractivity (Wildman–Crippen MR) is 84.3 cm³/mol. The third-order valence-corrected chi connectivity index (χ3v) is 3.61. The molecular formula is C18H20O4. The summed E-state index contributed by atoms with van der Waals surface area (Å²) in [6.07, 6.45) is 3.17. The second kappa shape index (κ2) is 7.61. The molecule has 0 spiro atoms. The van der Waals surface area contributed by atoms with Crippen molar-refractivity contribution in [3.63, 3.8) is 0 Å². The molecule has 0 saturated carbocycles. The molecule has 4 nitrogen and oxygen atoms in total. The van der Waals surface area contributed by atoms with Crippen molar-refractivity contribution in [3.8, 4) is 5.75 Å².